The molecule has 4 nitrogen and oxygen atoms in total. The number of likely N-dealkylation sites (N-methyl/N-ethyl adjacent to an activating group) is 1. The van der Waals surface area contributed by atoms with Gasteiger partial charge in [-0.25, -0.2) is 13.6 Å². The molecule has 1 unspecified atom stereocenters. The zero-order valence-electron chi connectivity index (χ0n) is 9.59. The van der Waals surface area contributed by atoms with Crippen LogP contribution in [-0.2, 0) is 4.74 Å². The quantitative estimate of drug-likeness (QED) is 0.853. The summed E-state index contributed by atoms with van der Waals surface area (Å²) in [4.78, 5) is 11.3. The van der Waals surface area contributed by atoms with E-state index in [2.05, 4.69) is 10.6 Å². The number of ether oxygens (including phenoxy) is 1. The molecule has 0 heterocycles. The number of carbonyl (C=O) groups excluding carboxylic acids is 1. The summed E-state index contributed by atoms with van der Waals surface area (Å²) >= 11 is 0. The van der Waals surface area contributed by atoms with E-state index in [1.165, 1.54) is 0 Å². The largest absolute Gasteiger partial charge is 0.445 e. The highest BCUT2D eigenvalue weighted by Gasteiger charge is 2.11. The second-order valence-corrected chi connectivity index (χ2v) is 3.52. The maximum atomic E-state index is 13.2. The van der Waals surface area contributed by atoms with Crippen molar-refractivity contribution in [3.63, 3.8) is 0 Å². The molecule has 0 bridgehead atoms. The lowest BCUT2D eigenvalue weighted by Gasteiger charge is -2.13. The second kappa shape index (κ2) is 6.15. The van der Waals surface area contributed by atoms with Crippen LogP contribution in [0.5, 0.6) is 0 Å². The molecule has 0 saturated heterocycles. The monoisotopic (exact) mass is 244 g/mol. The van der Waals surface area contributed by atoms with Crippen LogP contribution >= 0.6 is 0 Å². The number of halogens is 2. The number of nitrogens with one attached hydrogen (secondary N) is 2. The molecule has 0 aliphatic carbocycles. The summed E-state index contributed by atoms with van der Waals surface area (Å²) in [7, 11) is 1.72. The van der Waals surface area contributed by atoms with Crippen LogP contribution in [0.15, 0.2) is 18.2 Å². The van der Waals surface area contributed by atoms with E-state index in [9.17, 15) is 13.6 Å². The highest BCUT2D eigenvalue weighted by atomic mass is 19.1. The Morgan fingerprint density at radius 1 is 1.47 bits per heavy atom. The van der Waals surface area contributed by atoms with E-state index in [4.69, 9.17) is 4.74 Å². The first-order valence-corrected chi connectivity index (χ1v) is 5.10. The first-order valence-electron chi connectivity index (χ1n) is 5.10. The smallest absolute Gasteiger partial charge is 0.412 e. The first kappa shape index (κ1) is 13.4. The average Bonchev–Trinajstić information content (AvgIpc) is 2.22. The summed E-state index contributed by atoms with van der Waals surface area (Å²) in [5.74, 6) is -1.55. The minimum atomic E-state index is -0.844. The van der Waals surface area contributed by atoms with Gasteiger partial charge in [0, 0.05) is 12.6 Å². The van der Waals surface area contributed by atoms with E-state index in [-0.39, 0.29) is 11.8 Å². The molecule has 1 aromatic rings. The van der Waals surface area contributed by atoms with Gasteiger partial charge in [0.25, 0.3) is 0 Å². The molecular formula is C11H14F2N2O2. The third kappa shape index (κ3) is 4.36. The lowest BCUT2D eigenvalue weighted by Crippen LogP contribution is -2.28. The van der Waals surface area contributed by atoms with Crippen molar-refractivity contribution in [3.8, 4) is 0 Å². The summed E-state index contributed by atoms with van der Waals surface area (Å²) in [6, 6.07) is 2.87. The minimum absolute atomic E-state index is 0.118. The molecule has 0 radical (unpaired) electrons. The van der Waals surface area contributed by atoms with Crippen LogP contribution in [0.4, 0.5) is 19.3 Å². The van der Waals surface area contributed by atoms with Gasteiger partial charge in [-0.15, -0.1) is 0 Å². The Morgan fingerprint density at radius 3 is 2.76 bits per heavy atom. The molecule has 2 N–H and O–H groups in total. The number of hydrogen-bond donors (Lipinski definition) is 2. The summed E-state index contributed by atoms with van der Waals surface area (Å²) < 4.78 is 30.7. The van der Waals surface area contributed by atoms with Gasteiger partial charge in [0.2, 0.25) is 0 Å². The third-order valence-corrected chi connectivity index (χ3v) is 1.97. The zero-order chi connectivity index (χ0) is 12.8. The van der Waals surface area contributed by atoms with Gasteiger partial charge in [-0.3, -0.25) is 5.32 Å². The lowest BCUT2D eigenvalue weighted by molar-refractivity contribution is 0.121. The van der Waals surface area contributed by atoms with Crippen molar-refractivity contribution in [2.75, 3.05) is 18.9 Å². The van der Waals surface area contributed by atoms with Crippen LogP contribution in [-0.4, -0.2) is 25.8 Å². The predicted octanol–water partition coefficient (Wildman–Crippen LogP) is 2.12. The molecule has 17 heavy (non-hydrogen) atoms. The van der Waals surface area contributed by atoms with Crippen LogP contribution in [0.3, 0.4) is 0 Å². The van der Waals surface area contributed by atoms with Gasteiger partial charge in [0.05, 0.1) is 5.69 Å². The second-order valence-electron chi connectivity index (χ2n) is 3.52. The van der Waals surface area contributed by atoms with E-state index in [1.807, 2.05) is 0 Å². The molecule has 1 atom stereocenters. The predicted molar refractivity (Wildman–Crippen MR) is 59.9 cm³/mol. The van der Waals surface area contributed by atoms with E-state index < -0.39 is 17.7 Å². The van der Waals surface area contributed by atoms with Gasteiger partial charge in [-0.05, 0) is 26.1 Å². The highest BCUT2D eigenvalue weighted by molar-refractivity contribution is 5.84. The molecule has 6 heteroatoms. The summed E-state index contributed by atoms with van der Waals surface area (Å²) in [5.41, 5.74) is -0.118. The van der Waals surface area contributed by atoms with Crippen molar-refractivity contribution in [3.05, 3.63) is 29.8 Å². The highest BCUT2D eigenvalue weighted by Crippen LogP contribution is 2.15. The third-order valence-electron chi connectivity index (χ3n) is 1.97. The number of amides is 1. The van der Waals surface area contributed by atoms with Crippen molar-refractivity contribution < 1.29 is 18.3 Å². The molecule has 0 aromatic heterocycles. The fourth-order valence-electron chi connectivity index (χ4n) is 1.24. The maximum Gasteiger partial charge on any atom is 0.412 e. The molecule has 1 rings (SSSR count). The van der Waals surface area contributed by atoms with Gasteiger partial charge in [0.1, 0.15) is 17.7 Å². The van der Waals surface area contributed by atoms with Crippen molar-refractivity contribution in [2.45, 2.75) is 13.0 Å². The molecule has 0 spiro atoms. The Morgan fingerprint density at radius 2 is 2.18 bits per heavy atom. The molecule has 0 fully saturated rings. The molecular weight excluding hydrogens is 230 g/mol. The lowest BCUT2D eigenvalue weighted by atomic mass is 10.3. The fourth-order valence-corrected chi connectivity index (χ4v) is 1.24. The Labute approximate surface area is 98.0 Å². The zero-order valence-corrected chi connectivity index (χ0v) is 9.59. The van der Waals surface area contributed by atoms with E-state index in [1.54, 1.807) is 14.0 Å². The van der Waals surface area contributed by atoms with Gasteiger partial charge in [0.15, 0.2) is 0 Å². The van der Waals surface area contributed by atoms with E-state index >= 15 is 0 Å². The van der Waals surface area contributed by atoms with Crippen LogP contribution in [0.1, 0.15) is 6.92 Å². The summed E-state index contributed by atoms with van der Waals surface area (Å²) in [6.07, 6.45) is -1.12. The Balaban J connectivity index is 2.56. The number of anilines is 1. The summed E-state index contributed by atoms with van der Waals surface area (Å²) in [5, 5.41) is 5.02. The van der Waals surface area contributed by atoms with Gasteiger partial charge >= 0.3 is 6.09 Å². The Kier molecular flexibility index (Phi) is 4.84. The van der Waals surface area contributed by atoms with Crippen LogP contribution < -0.4 is 10.6 Å². The van der Waals surface area contributed by atoms with Crippen molar-refractivity contribution >= 4 is 11.8 Å². The summed E-state index contributed by atoms with van der Waals surface area (Å²) in [6.45, 7) is 2.18. The Bertz CT molecular complexity index is 399. The van der Waals surface area contributed by atoms with Crippen molar-refractivity contribution in [1.29, 1.82) is 0 Å². The molecule has 0 saturated carbocycles. The average molecular weight is 244 g/mol. The number of hydrogen-bond acceptors (Lipinski definition) is 3. The maximum absolute atomic E-state index is 13.2. The molecule has 0 aliphatic heterocycles. The number of carbonyl (C=O) groups is 1. The normalized spacial score (nSPS) is 12.0. The van der Waals surface area contributed by atoms with Gasteiger partial charge in [-0.2, -0.15) is 0 Å². The minimum Gasteiger partial charge on any atom is -0.445 e. The van der Waals surface area contributed by atoms with E-state index in [0.717, 1.165) is 12.1 Å². The van der Waals surface area contributed by atoms with E-state index in [0.29, 0.717) is 12.6 Å². The molecule has 1 aromatic carbocycles. The first-order chi connectivity index (χ1) is 8.02. The van der Waals surface area contributed by atoms with Crippen molar-refractivity contribution in [1.82, 2.24) is 5.32 Å². The molecule has 94 valence electrons. The number of rotatable bonds is 4. The van der Waals surface area contributed by atoms with Crippen LogP contribution in [0, 0.1) is 11.6 Å². The SMILES string of the molecule is CNCC(C)OC(=O)Nc1ccc(F)cc1F. The van der Waals surface area contributed by atoms with Gasteiger partial charge in [-0.1, -0.05) is 0 Å². The fraction of sp³-hybridized carbons (Fsp3) is 0.364. The molecule has 1 amide bonds. The van der Waals surface area contributed by atoms with Gasteiger partial charge < -0.3 is 10.1 Å². The topological polar surface area (TPSA) is 50.4 Å². The number of benzene rings is 1. The van der Waals surface area contributed by atoms with Crippen molar-refractivity contribution in [2.24, 2.45) is 0 Å². The molecule has 0 aliphatic rings. The Hall–Kier alpha value is -1.69. The van der Waals surface area contributed by atoms with Crippen LogP contribution in [0.25, 0.3) is 0 Å². The van der Waals surface area contributed by atoms with Crippen LogP contribution in [0.2, 0.25) is 0 Å². The standard InChI is InChI=1S/C11H14F2N2O2/c1-7(6-14-2)17-11(16)15-10-4-3-8(12)5-9(10)13/h3-5,7,14H,6H2,1-2H3,(H,15,16).